The molecule has 0 heterocycles. The van der Waals surface area contributed by atoms with E-state index in [0.717, 1.165) is 22.7 Å². The third kappa shape index (κ3) is 3.63. The zero-order chi connectivity index (χ0) is 14.2. The quantitative estimate of drug-likeness (QED) is 0.628. The lowest BCUT2D eigenvalue weighted by atomic mass is 10.2. The van der Waals surface area contributed by atoms with Gasteiger partial charge in [0, 0.05) is 5.56 Å². The van der Waals surface area contributed by atoms with Crippen molar-refractivity contribution >= 4 is 11.9 Å². The molecule has 3 nitrogen and oxygen atoms in total. The zero-order valence-electron chi connectivity index (χ0n) is 11.5. The Hall–Kier alpha value is -2.73. The van der Waals surface area contributed by atoms with E-state index in [4.69, 9.17) is 9.47 Å². The van der Waals surface area contributed by atoms with Crippen molar-refractivity contribution < 1.29 is 9.47 Å². The van der Waals surface area contributed by atoms with Gasteiger partial charge in [0.1, 0.15) is 17.2 Å². The van der Waals surface area contributed by atoms with Gasteiger partial charge in [-0.15, -0.1) is 0 Å². The second kappa shape index (κ2) is 7.01. The summed E-state index contributed by atoms with van der Waals surface area (Å²) in [5, 5.41) is 0. The van der Waals surface area contributed by atoms with Crippen LogP contribution in [0.3, 0.4) is 0 Å². The highest BCUT2D eigenvalue weighted by atomic mass is 16.5. The number of aliphatic imine (C=N–C) groups is 1. The Balaban J connectivity index is 2.08. The second-order valence-electron chi connectivity index (χ2n) is 3.93. The molecule has 2 rings (SSSR count). The molecule has 0 N–H and O–H groups in total. The van der Waals surface area contributed by atoms with Crippen LogP contribution in [0.5, 0.6) is 11.5 Å². The molecule has 0 saturated heterocycles. The van der Waals surface area contributed by atoms with Crippen LogP contribution in [0, 0.1) is 11.8 Å². The van der Waals surface area contributed by atoms with Crippen molar-refractivity contribution in [2.45, 2.75) is 0 Å². The first kappa shape index (κ1) is 13.7. The van der Waals surface area contributed by atoms with Crippen molar-refractivity contribution in [3.63, 3.8) is 0 Å². The van der Waals surface area contributed by atoms with Crippen LogP contribution < -0.4 is 9.47 Å². The summed E-state index contributed by atoms with van der Waals surface area (Å²) >= 11 is 0. The lowest BCUT2D eigenvalue weighted by molar-refractivity contribution is 0.415. The van der Waals surface area contributed by atoms with Crippen LogP contribution in [-0.4, -0.2) is 20.4 Å². The van der Waals surface area contributed by atoms with Gasteiger partial charge in [-0.1, -0.05) is 18.1 Å². The Bertz CT molecular complexity index is 649. The fraction of sp³-hybridized carbons (Fsp3) is 0.118. The second-order valence-corrected chi connectivity index (χ2v) is 3.93. The number of hydrogen-bond donors (Lipinski definition) is 0. The highest BCUT2D eigenvalue weighted by Gasteiger charge is 1.96. The molecule has 20 heavy (non-hydrogen) atoms. The van der Waals surface area contributed by atoms with Gasteiger partial charge >= 0.3 is 0 Å². The fourth-order valence-corrected chi connectivity index (χ4v) is 1.63. The zero-order valence-corrected chi connectivity index (χ0v) is 11.5. The number of ether oxygens (including phenoxy) is 2. The first-order chi connectivity index (χ1) is 9.83. The largest absolute Gasteiger partial charge is 0.497 e. The van der Waals surface area contributed by atoms with Crippen molar-refractivity contribution in [1.29, 1.82) is 0 Å². The van der Waals surface area contributed by atoms with Gasteiger partial charge in [-0.25, -0.2) is 4.99 Å². The minimum Gasteiger partial charge on any atom is -0.497 e. The topological polar surface area (TPSA) is 30.8 Å². The van der Waals surface area contributed by atoms with E-state index in [1.807, 2.05) is 48.5 Å². The molecular formula is C17H15NO2. The molecule has 0 aliphatic carbocycles. The van der Waals surface area contributed by atoms with Crippen LogP contribution in [-0.2, 0) is 0 Å². The van der Waals surface area contributed by atoms with Gasteiger partial charge in [-0.3, -0.25) is 0 Å². The van der Waals surface area contributed by atoms with Crippen molar-refractivity contribution in [2.24, 2.45) is 4.99 Å². The average molecular weight is 265 g/mol. The summed E-state index contributed by atoms with van der Waals surface area (Å²) in [6.07, 6.45) is 1.57. The first-order valence-electron chi connectivity index (χ1n) is 6.14. The van der Waals surface area contributed by atoms with Gasteiger partial charge in [0.2, 0.25) is 0 Å². The highest BCUT2D eigenvalue weighted by molar-refractivity contribution is 5.82. The minimum absolute atomic E-state index is 0.731. The summed E-state index contributed by atoms with van der Waals surface area (Å²) in [7, 11) is 3.26. The highest BCUT2D eigenvalue weighted by Crippen LogP contribution is 2.25. The van der Waals surface area contributed by atoms with Crippen molar-refractivity contribution in [2.75, 3.05) is 14.2 Å². The predicted molar refractivity (Wildman–Crippen MR) is 81.0 cm³/mol. The van der Waals surface area contributed by atoms with E-state index in [1.165, 1.54) is 0 Å². The molecular weight excluding hydrogens is 250 g/mol. The maximum absolute atomic E-state index is 5.21. The fourth-order valence-electron chi connectivity index (χ4n) is 1.63. The molecule has 0 radical (unpaired) electrons. The van der Waals surface area contributed by atoms with Gasteiger partial charge in [0.15, 0.2) is 0 Å². The first-order valence-corrected chi connectivity index (χ1v) is 6.14. The number of benzene rings is 2. The molecule has 0 unspecified atom stereocenters. The SMILES string of the molecule is COc1ccc(C#CC=Nc2ccccc2OC)cc1. The Morgan fingerprint density at radius 1 is 0.950 bits per heavy atom. The van der Waals surface area contributed by atoms with Gasteiger partial charge in [-0.2, -0.15) is 0 Å². The van der Waals surface area contributed by atoms with Crippen LogP contribution in [0.2, 0.25) is 0 Å². The molecule has 0 amide bonds. The molecule has 0 atom stereocenters. The van der Waals surface area contributed by atoms with Crippen LogP contribution in [0.1, 0.15) is 5.56 Å². The molecule has 100 valence electrons. The van der Waals surface area contributed by atoms with Gasteiger partial charge < -0.3 is 9.47 Å². The van der Waals surface area contributed by atoms with Crippen molar-refractivity contribution in [3.05, 3.63) is 54.1 Å². The molecule has 2 aromatic carbocycles. The number of nitrogens with zero attached hydrogens (tertiary/aromatic N) is 1. The number of rotatable bonds is 3. The average Bonchev–Trinajstić information content (AvgIpc) is 2.52. The molecule has 0 aliphatic heterocycles. The molecule has 2 aromatic rings. The molecule has 3 heteroatoms. The summed E-state index contributed by atoms with van der Waals surface area (Å²) in [4.78, 5) is 4.28. The third-order valence-electron chi connectivity index (χ3n) is 2.66. The molecule has 0 aliphatic rings. The number of hydrogen-bond acceptors (Lipinski definition) is 3. The van der Waals surface area contributed by atoms with Crippen molar-refractivity contribution in [1.82, 2.24) is 0 Å². The Kier molecular flexibility index (Phi) is 4.80. The van der Waals surface area contributed by atoms with E-state index < -0.39 is 0 Å². The van der Waals surface area contributed by atoms with Gasteiger partial charge in [-0.05, 0) is 42.3 Å². The van der Waals surface area contributed by atoms with E-state index in [2.05, 4.69) is 16.8 Å². The summed E-state index contributed by atoms with van der Waals surface area (Å²) in [6.45, 7) is 0. The third-order valence-corrected chi connectivity index (χ3v) is 2.66. The normalized spacial score (nSPS) is 9.90. The molecule has 0 aromatic heterocycles. The number of methoxy groups -OCH3 is 2. The molecule has 0 fully saturated rings. The lowest BCUT2D eigenvalue weighted by Gasteiger charge is -2.01. The maximum Gasteiger partial charge on any atom is 0.144 e. The minimum atomic E-state index is 0.731. The van der Waals surface area contributed by atoms with Crippen LogP contribution in [0.4, 0.5) is 5.69 Å². The lowest BCUT2D eigenvalue weighted by Crippen LogP contribution is -1.82. The Morgan fingerprint density at radius 3 is 2.40 bits per heavy atom. The summed E-state index contributed by atoms with van der Waals surface area (Å²) in [5.41, 5.74) is 1.68. The van der Waals surface area contributed by atoms with E-state index in [-0.39, 0.29) is 0 Å². The number of para-hydroxylation sites is 2. The Morgan fingerprint density at radius 2 is 1.70 bits per heavy atom. The van der Waals surface area contributed by atoms with E-state index in [9.17, 15) is 0 Å². The summed E-state index contributed by atoms with van der Waals surface area (Å²) in [5.74, 6) is 7.46. The molecule has 0 bridgehead atoms. The van der Waals surface area contributed by atoms with Crippen LogP contribution in [0.15, 0.2) is 53.5 Å². The summed E-state index contributed by atoms with van der Waals surface area (Å²) in [6, 6.07) is 15.1. The monoisotopic (exact) mass is 265 g/mol. The summed E-state index contributed by atoms with van der Waals surface area (Å²) < 4.78 is 10.3. The maximum atomic E-state index is 5.21. The van der Waals surface area contributed by atoms with E-state index >= 15 is 0 Å². The molecule has 0 spiro atoms. The van der Waals surface area contributed by atoms with Gasteiger partial charge in [0.05, 0.1) is 20.4 Å². The van der Waals surface area contributed by atoms with E-state index in [1.54, 1.807) is 20.4 Å². The van der Waals surface area contributed by atoms with Crippen LogP contribution in [0.25, 0.3) is 0 Å². The Labute approximate surface area is 118 Å². The van der Waals surface area contributed by atoms with Crippen molar-refractivity contribution in [3.8, 4) is 23.3 Å². The standard InChI is InChI=1S/C17H15NO2/c1-19-15-11-9-14(10-12-15)6-5-13-18-16-7-3-4-8-17(16)20-2/h3-4,7-13H,1-2H3. The molecule has 0 saturated carbocycles. The van der Waals surface area contributed by atoms with Gasteiger partial charge in [0.25, 0.3) is 0 Å². The van der Waals surface area contributed by atoms with Crippen LogP contribution >= 0.6 is 0 Å². The predicted octanol–water partition coefficient (Wildman–Crippen LogP) is 3.46. The smallest absolute Gasteiger partial charge is 0.144 e. The van der Waals surface area contributed by atoms with E-state index in [0.29, 0.717) is 0 Å².